The van der Waals surface area contributed by atoms with Crippen molar-refractivity contribution in [3.63, 3.8) is 0 Å². The van der Waals surface area contributed by atoms with Gasteiger partial charge in [0.15, 0.2) is 0 Å². The highest BCUT2D eigenvalue weighted by molar-refractivity contribution is 5.90. The van der Waals surface area contributed by atoms with E-state index in [0.717, 1.165) is 42.9 Å². The molecule has 1 amide bonds. The maximum absolute atomic E-state index is 13.5. The lowest BCUT2D eigenvalue weighted by atomic mass is 10.1. The number of nitrogens with two attached hydrogens (primary N) is 2. The number of amides is 1. The van der Waals surface area contributed by atoms with Crippen LogP contribution in [0.5, 0.6) is 0 Å². The minimum Gasteiger partial charge on any atom is -0.384 e. The first-order valence-corrected chi connectivity index (χ1v) is 13.4. The number of nitrogen functional groups attached to an aromatic ring is 2. The fourth-order valence-electron chi connectivity index (χ4n) is 4.28. The second kappa shape index (κ2) is 14.9. The molecule has 12 heteroatoms. The van der Waals surface area contributed by atoms with Crippen molar-refractivity contribution in [2.75, 3.05) is 23.3 Å². The van der Waals surface area contributed by atoms with Gasteiger partial charge in [0.2, 0.25) is 11.9 Å². The van der Waals surface area contributed by atoms with E-state index in [1.807, 2.05) is 54.6 Å². The fraction of sp³-hybridized carbons (Fsp3) is 0.310. The van der Waals surface area contributed by atoms with Gasteiger partial charge in [-0.2, -0.15) is 10.2 Å². The van der Waals surface area contributed by atoms with E-state index in [0.29, 0.717) is 41.5 Å². The van der Waals surface area contributed by atoms with Crippen molar-refractivity contribution in [1.82, 2.24) is 25.0 Å². The molecule has 41 heavy (non-hydrogen) atoms. The topological polar surface area (TPSA) is 198 Å². The molecule has 2 heterocycles. The Morgan fingerprint density at radius 1 is 1.05 bits per heavy atom. The average Bonchev–Trinajstić information content (AvgIpc) is 2.95. The molecular weight excluding hydrogens is 522 g/mol. The fourth-order valence-corrected chi connectivity index (χ4v) is 4.28. The highest BCUT2D eigenvalue weighted by Crippen LogP contribution is 2.21. The monoisotopic (exact) mass is 557 g/mol. The number of hydroxylamine groups is 1. The Hall–Kier alpha value is -5.02. The number of hydrogen-bond acceptors (Lipinski definition) is 10. The Balaban J connectivity index is 0.000000352. The van der Waals surface area contributed by atoms with Crippen molar-refractivity contribution in [2.45, 2.75) is 52.4 Å². The van der Waals surface area contributed by atoms with Crippen LogP contribution in [0.25, 0.3) is 16.6 Å². The van der Waals surface area contributed by atoms with Gasteiger partial charge in [-0.25, -0.2) is 15.4 Å². The van der Waals surface area contributed by atoms with Crippen LogP contribution < -0.4 is 27.8 Å². The Labute approximate surface area is 238 Å². The molecule has 2 aromatic carbocycles. The van der Waals surface area contributed by atoms with Crippen molar-refractivity contribution >= 4 is 34.3 Å². The number of carbonyl (C=O) groups excluding carboxylic acids is 1. The lowest BCUT2D eigenvalue weighted by molar-refractivity contribution is -0.129. The molecule has 0 saturated heterocycles. The molecule has 0 aliphatic carbocycles. The molecule has 0 bridgehead atoms. The van der Waals surface area contributed by atoms with E-state index >= 15 is 0 Å². The zero-order valence-electron chi connectivity index (χ0n) is 23.2. The number of benzene rings is 2. The predicted octanol–water partition coefficient (Wildman–Crippen LogP) is 3.64. The molecule has 4 rings (SSSR count). The number of nitrogens with one attached hydrogen (secondary N) is 2. The van der Waals surface area contributed by atoms with Crippen LogP contribution in [0.2, 0.25) is 0 Å². The van der Waals surface area contributed by atoms with Gasteiger partial charge in [0, 0.05) is 25.1 Å². The quantitative estimate of drug-likeness (QED) is 0.109. The summed E-state index contributed by atoms with van der Waals surface area (Å²) in [6.45, 7) is 4.42. The summed E-state index contributed by atoms with van der Waals surface area (Å²) in [4.78, 5) is 36.8. The highest BCUT2D eigenvalue weighted by atomic mass is 16.5. The number of aromatic nitrogens is 4. The Kier molecular flexibility index (Phi) is 11.1. The zero-order chi connectivity index (χ0) is 29.8. The van der Waals surface area contributed by atoms with Gasteiger partial charge in [-0.05, 0) is 50.5 Å². The summed E-state index contributed by atoms with van der Waals surface area (Å²) >= 11 is 0. The summed E-state index contributed by atoms with van der Waals surface area (Å²) in [5.41, 5.74) is 15.3. The average molecular weight is 558 g/mol. The summed E-state index contributed by atoms with van der Waals surface area (Å²) in [7, 11) is 0. The molecule has 2 aromatic heterocycles. The molecule has 0 unspecified atom stereocenters. The standard InChI is InChI=1S/C23H28N4O3.C6H7N5/c1-2-10-20-25-19-14-9-13-18(24-16-8-4-7-15-21(28)26-30)22(19)23(29)27(20)17-11-5-3-6-12-17;1-3-4(2-7)5(8)11-6(9)10-3/h3,5-6,9,11-14,24,30H,2,4,7-8,10,15-16H2,1H3,(H,26,28);1H3,(H4,8,9,10,11). The first kappa shape index (κ1) is 30.5. The van der Waals surface area contributed by atoms with Gasteiger partial charge in [0.25, 0.3) is 5.56 Å². The van der Waals surface area contributed by atoms with Crippen molar-refractivity contribution < 1.29 is 10.0 Å². The van der Waals surface area contributed by atoms with Crippen molar-refractivity contribution in [1.29, 1.82) is 5.26 Å². The third-order valence-corrected chi connectivity index (χ3v) is 6.22. The van der Waals surface area contributed by atoms with E-state index in [9.17, 15) is 9.59 Å². The molecule has 0 radical (unpaired) electrons. The maximum Gasteiger partial charge on any atom is 0.268 e. The first-order chi connectivity index (χ1) is 19.8. The number of unbranched alkanes of at least 4 members (excludes halogenated alkanes) is 2. The molecule has 0 spiro atoms. The van der Waals surface area contributed by atoms with E-state index in [4.69, 9.17) is 26.9 Å². The molecule has 7 N–H and O–H groups in total. The minimum absolute atomic E-state index is 0.0719. The van der Waals surface area contributed by atoms with Crippen LogP contribution in [0.1, 0.15) is 56.1 Å². The number of hydrogen-bond donors (Lipinski definition) is 5. The second-order valence-electron chi connectivity index (χ2n) is 9.27. The van der Waals surface area contributed by atoms with Gasteiger partial charge in [-0.15, -0.1) is 0 Å². The summed E-state index contributed by atoms with van der Waals surface area (Å²) in [6, 6.07) is 17.2. The van der Waals surface area contributed by atoms with E-state index in [1.165, 1.54) is 0 Å². The number of rotatable bonds is 10. The van der Waals surface area contributed by atoms with Crippen molar-refractivity contribution in [2.24, 2.45) is 0 Å². The summed E-state index contributed by atoms with van der Waals surface area (Å²) in [5, 5.41) is 21.0. The van der Waals surface area contributed by atoms with E-state index < -0.39 is 0 Å². The Morgan fingerprint density at radius 3 is 2.46 bits per heavy atom. The van der Waals surface area contributed by atoms with Crippen LogP contribution in [0.15, 0.2) is 53.3 Å². The molecule has 12 nitrogen and oxygen atoms in total. The van der Waals surface area contributed by atoms with Gasteiger partial charge < -0.3 is 16.8 Å². The smallest absolute Gasteiger partial charge is 0.268 e. The molecule has 0 aliphatic heterocycles. The molecule has 0 atom stereocenters. The number of anilines is 3. The second-order valence-corrected chi connectivity index (χ2v) is 9.27. The third kappa shape index (κ3) is 8.00. The van der Waals surface area contributed by atoms with Crippen LogP contribution >= 0.6 is 0 Å². The molecule has 214 valence electrons. The lowest BCUT2D eigenvalue weighted by Crippen LogP contribution is -2.24. The van der Waals surface area contributed by atoms with Gasteiger partial charge in [0.05, 0.1) is 22.3 Å². The van der Waals surface area contributed by atoms with E-state index in [2.05, 4.69) is 22.2 Å². The van der Waals surface area contributed by atoms with Crippen LogP contribution in [0.3, 0.4) is 0 Å². The van der Waals surface area contributed by atoms with Crippen molar-refractivity contribution in [3.05, 3.63) is 76.0 Å². The number of aryl methyl sites for hydroxylation is 2. The summed E-state index contributed by atoms with van der Waals surface area (Å²) < 4.78 is 1.71. The Morgan fingerprint density at radius 2 is 1.80 bits per heavy atom. The van der Waals surface area contributed by atoms with E-state index in [1.54, 1.807) is 17.0 Å². The van der Waals surface area contributed by atoms with Crippen LogP contribution in [-0.4, -0.2) is 37.2 Å². The van der Waals surface area contributed by atoms with Crippen LogP contribution in [0, 0.1) is 18.3 Å². The number of carbonyl (C=O) groups is 1. The van der Waals surface area contributed by atoms with Gasteiger partial charge >= 0.3 is 0 Å². The lowest BCUT2D eigenvalue weighted by Gasteiger charge is -2.15. The largest absolute Gasteiger partial charge is 0.384 e. The number of nitriles is 1. The number of fused-ring (bicyclic) bond motifs is 1. The van der Waals surface area contributed by atoms with Crippen LogP contribution in [-0.2, 0) is 11.2 Å². The normalized spacial score (nSPS) is 10.4. The van der Waals surface area contributed by atoms with Gasteiger partial charge in [-0.1, -0.05) is 37.6 Å². The SMILES string of the molecule is CCCc1nc2cccc(NCCCCCC(=O)NO)c2c(=O)n1-c1ccccc1.Cc1nc(N)nc(N)c1C#N. The van der Waals surface area contributed by atoms with E-state index in [-0.39, 0.29) is 23.2 Å². The molecule has 0 saturated carbocycles. The van der Waals surface area contributed by atoms with Gasteiger partial charge in [0.1, 0.15) is 23.3 Å². The molecule has 0 aliphatic rings. The predicted molar refractivity (Wildman–Crippen MR) is 159 cm³/mol. The molecular formula is C29H35N9O3. The molecule has 4 aromatic rings. The minimum atomic E-state index is -0.368. The molecule has 0 fully saturated rings. The number of nitrogens with zero attached hydrogens (tertiary/aromatic N) is 5. The summed E-state index contributed by atoms with van der Waals surface area (Å²) in [6.07, 6.45) is 4.32. The van der Waals surface area contributed by atoms with Gasteiger partial charge in [-0.3, -0.25) is 19.4 Å². The van der Waals surface area contributed by atoms with Crippen molar-refractivity contribution in [3.8, 4) is 11.8 Å². The highest BCUT2D eigenvalue weighted by Gasteiger charge is 2.15. The first-order valence-electron chi connectivity index (χ1n) is 13.4. The zero-order valence-corrected chi connectivity index (χ0v) is 23.2. The van der Waals surface area contributed by atoms with Crippen LogP contribution in [0.4, 0.5) is 17.5 Å². The number of para-hydroxylation sites is 1. The summed E-state index contributed by atoms with van der Waals surface area (Å²) in [5.74, 6) is 0.629. The Bertz CT molecular complexity index is 1560. The third-order valence-electron chi connectivity index (χ3n) is 6.22. The maximum atomic E-state index is 13.5.